The predicted octanol–water partition coefficient (Wildman–Crippen LogP) is 3.72. The molecule has 1 atom stereocenters. The van der Waals surface area contributed by atoms with Gasteiger partial charge in [-0.15, -0.1) is 0 Å². The van der Waals surface area contributed by atoms with Crippen molar-refractivity contribution in [1.82, 2.24) is 14.5 Å². The topological polar surface area (TPSA) is 38.1 Å². The highest BCUT2D eigenvalue weighted by atomic mass is 19.1. The first-order valence-corrected chi connectivity index (χ1v) is 9.63. The van der Waals surface area contributed by atoms with Gasteiger partial charge < -0.3 is 0 Å². The Morgan fingerprint density at radius 3 is 2.76 bits per heavy atom. The lowest BCUT2D eigenvalue weighted by atomic mass is 9.96. The zero-order chi connectivity index (χ0) is 17.2. The van der Waals surface area contributed by atoms with E-state index in [1.165, 1.54) is 63.6 Å². The number of aromatic nitrogens is 2. The molecule has 0 N–H and O–H groups in total. The summed E-state index contributed by atoms with van der Waals surface area (Å²) in [7, 11) is 0. The van der Waals surface area contributed by atoms with Crippen LogP contribution in [-0.2, 0) is 6.54 Å². The van der Waals surface area contributed by atoms with Gasteiger partial charge in [-0.1, -0.05) is 19.3 Å². The van der Waals surface area contributed by atoms with Crippen molar-refractivity contribution >= 4 is 10.9 Å². The molecule has 134 valence electrons. The maximum Gasteiger partial charge on any atom is 0.261 e. The number of aryl methyl sites for hydroxylation is 1. The summed E-state index contributed by atoms with van der Waals surface area (Å²) in [6.45, 7) is 1.90. The van der Waals surface area contributed by atoms with Crippen molar-refractivity contribution in [3.8, 4) is 0 Å². The monoisotopic (exact) mass is 343 g/mol. The molecule has 1 aliphatic carbocycles. The Labute approximate surface area is 147 Å². The fraction of sp³-hybridized carbons (Fsp3) is 0.600. The molecule has 4 nitrogen and oxygen atoms in total. The summed E-state index contributed by atoms with van der Waals surface area (Å²) in [5.74, 6) is -0.355. The van der Waals surface area contributed by atoms with E-state index in [-0.39, 0.29) is 11.4 Å². The number of rotatable bonds is 4. The first-order valence-electron chi connectivity index (χ1n) is 9.63. The Morgan fingerprint density at radius 2 is 1.92 bits per heavy atom. The molecule has 0 bridgehead atoms. The van der Waals surface area contributed by atoms with E-state index in [1.54, 1.807) is 17.0 Å². The van der Waals surface area contributed by atoms with E-state index < -0.39 is 0 Å². The van der Waals surface area contributed by atoms with Crippen LogP contribution < -0.4 is 5.56 Å². The van der Waals surface area contributed by atoms with Gasteiger partial charge in [-0.3, -0.25) is 14.3 Å². The van der Waals surface area contributed by atoms with Gasteiger partial charge in [-0.25, -0.2) is 9.37 Å². The highest BCUT2D eigenvalue weighted by Crippen LogP contribution is 2.30. The molecule has 1 aliphatic heterocycles. The minimum Gasteiger partial charge on any atom is -0.299 e. The molecule has 1 aromatic heterocycles. The number of hydrogen-bond donors (Lipinski definition) is 0. The molecular weight excluding hydrogens is 317 g/mol. The number of likely N-dealkylation sites (tertiary alicyclic amines) is 1. The van der Waals surface area contributed by atoms with Crippen LogP contribution in [0.4, 0.5) is 4.39 Å². The molecule has 0 amide bonds. The van der Waals surface area contributed by atoms with Crippen molar-refractivity contribution in [2.45, 2.75) is 70.0 Å². The molecular formula is C20H26FN3O. The fourth-order valence-electron chi connectivity index (χ4n) is 4.63. The second kappa shape index (κ2) is 7.24. The van der Waals surface area contributed by atoms with Crippen LogP contribution in [0.5, 0.6) is 0 Å². The minimum absolute atomic E-state index is 0.0618. The second-order valence-corrected chi connectivity index (χ2v) is 7.52. The number of hydrogen-bond acceptors (Lipinski definition) is 3. The molecule has 2 heterocycles. The number of halogens is 1. The second-order valence-electron chi connectivity index (χ2n) is 7.52. The minimum atomic E-state index is -0.355. The number of fused-ring (bicyclic) bond motifs is 1. The van der Waals surface area contributed by atoms with Crippen molar-refractivity contribution < 1.29 is 4.39 Å². The summed E-state index contributed by atoms with van der Waals surface area (Å²) in [6, 6.07) is 5.53. The van der Waals surface area contributed by atoms with E-state index in [2.05, 4.69) is 9.88 Å². The fourth-order valence-corrected chi connectivity index (χ4v) is 4.63. The van der Waals surface area contributed by atoms with Crippen molar-refractivity contribution in [1.29, 1.82) is 0 Å². The van der Waals surface area contributed by atoms with E-state index in [4.69, 9.17) is 0 Å². The summed E-state index contributed by atoms with van der Waals surface area (Å²) in [4.78, 5) is 19.6. The Balaban J connectivity index is 1.50. The summed E-state index contributed by atoms with van der Waals surface area (Å²) in [5, 5.41) is 0.500. The van der Waals surface area contributed by atoms with E-state index in [0.29, 0.717) is 23.5 Å². The average Bonchev–Trinajstić information content (AvgIpc) is 3.16. The van der Waals surface area contributed by atoms with Gasteiger partial charge >= 0.3 is 0 Å². The van der Waals surface area contributed by atoms with Crippen LogP contribution in [0, 0.1) is 5.82 Å². The number of benzene rings is 1. The van der Waals surface area contributed by atoms with Gasteiger partial charge in [0.2, 0.25) is 0 Å². The lowest BCUT2D eigenvalue weighted by Crippen LogP contribution is -2.45. The van der Waals surface area contributed by atoms with Crippen LogP contribution in [0.1, 0.15) is 51.4 Å². The van der Waals surface area contributed by atoms with Crippen LogP contribution in [-0.4, -0.2) is 33.1 Å². The van der Waals surface area contributed by atoms with Crippen molar-refractivity contribution in [2.75, 3.05) is 6.54 Å². The number of nitrogens with zero attached hydrogens (tertiary/aromatic N) is 3. The van der Waals surface area contributed by atoms with Gasteiger partial charge in [0.15, 0.2) is 0 Å². The molecule has 1 saturated carbocycles. The third-order valence-electron chi connectivity index (χ3n) is 5.96. The summed E-state index contributed by atoms with van der Waals surface area (Å²) < 4.78 is 15.0. The molecule has 25 heavy (non-hydrogen) atoms. The van der Waals surface area contributed by atoms with E-state index >= 15 is 0 Å². The van der Waals surface area contributed by atoms with Crippen LogP contribution >= 0.6 is 0 Å². The quantitative estimate of drug-likeness (QED) is 0.849. The van der Waals surface area contributed by atoms with Crippen LogP contribution in [0.2, 0.25) is 0 Å². The average molecular weight is 343 g/mol. The first kappa shape index (κ1) is 16.7. The summed E-state index contributed by atoms with van der Waals surface area (Å²) >= 11 is 0. The van der Waals surface area contributed by atoms with E-state index in [0.717, 1.165) is 12.5 Å². The van der Waals surface area contributed by atoms with Gasteiger partial charge in [0.25, 0.3) is 5.56 Å². The normalized spacial score (nSPS) is 22.7. The maximum atomic E-state index is 13.3. The van der Waals surface area contributed by atoms with Gasteiger partial charge in [0.05, 0.1) is 17.2 Å². The van der Waals surface area contributed by atoms with Crippen molar-refractivity contribution in [2.24, 2.45) is 0 Å². The van der Waals surface area contributed by atoms with Gasteiger partial charge in [0.1, 0.15) is 5.82 Å². The largest absolute Gasteiger partial charge is 0.299 e. The van der Waals surface area contributed by atoms with Crippen LogP contribution in [0.15, 0.2) is 29.3 Å². The smallest absolute Gasteiger partial charge is 0.261 e. The van der Waals surface area contributed by atoms with Gasteiger partial charge in [-0.2, -0.15) is 0 Å². The predicted molar refractivity (Wildman–Crippen MR) is 97.2 cm³/mol. The van der Waals surface area contributed by atoms with Crippen molar-refractivity contribution in [3.63, 3.8) is 0 Å². The summed E-state index contributed by atoms with van der Waals surface area (Å²) in [5.41, 5.74) is 0.375. The Kier molecular flexibility index (Phi) is 4.84. The first-order chi connectivity index (χ1) is 12.2. The standard InChI is InChI=1S/C20H26FN3O/c21-15-8-9-18-19(13-15)22-14-23(20(18)25)12-10-17-7-3-4-11-24(17)16-5-1-2-6-16/h8-9,13-14,16-17H,1-7,10-12H2/t17-/m1/s1. The van der Waals surface area contributed by atoms with E-state index in [1.807, 2.05) is 0 Å². The van der Waals surface area contributed by atoms with E-state index in [9.17, 15) is 9.18 Å². The maximum absolute atomic E-state index is 13.3. The Bertz CT molecular complexity index is 797. The molecule has 0 radical (unpaired) electrons. The molecule has 2 aliphatic rings. The Hall–Kier alpha value is -1.75. The highest BCUT2D eigenvalue weighted by Gasteiger charge is 2.30. The molecule has 0 unspecified atom stereocenters. The Morgan fingerprint density at radius 1 is 1.12 bits per heavy atom. The van der Waals surface area contributed by atoms with Crippen LogP contribution in [0.3, 0.4) is 0 Å². The lowest BCUT2D eigenvalue weighted by Gasteiger charge is -2.40. The van der Waals surface area contributed by atoms with Gasteiger partial charge in [-0.05, 0) is 50.8 Å². The molecule has 1 saturated heterocycles. The van der Waals surface area contributed by atoms with Gasteiger partial charge in [0, 0.05) is 24.7 Å². The molecule has 5 heteroatoms. The zero-order valence-electron chi connectivity index (χ0n) is 14.7. The molecule has 0 spiro atoms. The SMILES string of the molecule is O=c1c2ccc(F)cc2ncn1CC[C@H]1CCCCN1C1CCCC1. The lowest BCUT2D eigenvalue weighted by molar-refractivity contribution is 0.0880. The molecule has 4 rings (SSSR count). The summed E-state index contributed by atoms with van der Waals surface area (Å²) in [6.07, 6.45) is 11.8. The third-order valence-corrected chi connectivity index (χ3v) is 5.96. The zero-order valence-corrected chi connectivity index (χ0v) is 14.7. The third kappa shape index (κ3) is 3.47. The van der Waals surface area contributed by atoms with Crippen molar-refractivity contribution in [3.05, 3.63) is 40.7 Å². The molecule has 1 aromatic carbocycles. The molecule has 2 aromatic rings. The van der Waals surface area contributed by atoms with Crippen LogP contribution in [0.25, 0.3) is 10.9 Å². The molecule has 2 fully saturated rings. The highest BCUT2D eigenvalue weighted by molar-refractivity contribution is 5.77. The number of piperidine rings is 1.